The molecule has 1 unspecified atom stereocenters. The SMILES string of the molecule is Cc1ccc(CNC2(CCO)CCOC2)c(C)n1. The second kappa shape index (κ2) is 5.78. The fourth-order valence-electron chi connectivity index (χ4n) is 2.43. The van der Waals surface area contributed by atoms with Gasteiger partial charge in [0.2, 0.25) is 0 Å². The van der Waals surface area contributed by atoms with Gasteiger partial charge in [-0.3, -0.25) is 4.98 Å². The molecule has 4 heteroatoms. The lowest BCUT2D eigenvalue weighted by molar-refractivity contribution is 0.146. The Kier molecular flexibility index (Phi) is 4.32. The number of aromatic nitrogens is 1. The highest BCUT2D eigenvalue weighted by Gasteiger charge is 2.33. The van der Waals surface area contributed by atoms with Crippen molar-refractivity contribution in [3.05, 3.63) is 29.1 Å². The van der Waals surface area contributed by atoms with Crippen molar-refractivity contribution in [3.8, 4) is 0 Å². The van der Waals surface area contributed by atoms with Gasteiger partial charge in [-0.25, -0.2) is 0 Å². The van der Waals surface area contributed by atoms with Crippen LogP contribution in [-0.2, 0) is 11.3 Å². The van der Waals surface area contributed by atoms with Gasteiger partial charge in [-0.05, 0) is 38.3 Å². The van der Waals surface area contributed by atoms with Crippen LogP contribution in [0.5, 0.6) is 0 Å². The van der Waals surface area contributed by atoms with E-state index in [4.69, 9.17) is 4.74 Å². The summed E-state index contributed by atoms with van der Waals surface area (Å²) in [4.78, 5) is 4.47. The number of nitrogens with zero attached hydrogens (tertiary/aromatic N) is 1. The molecule has 1 aromatic heterocycles. The third-order valence-electron chi connectivity index (χ3n) is 3.68. The van der Waals surface area contributed by atoms with Gasteiger partial charge in [-0.2, -0.15) is 0 Å². The van der Waals surface area contributed by atoms with Crippen LogP contribution in [0.2, 0.25) is 0 Å². The molecule has 2 N–H and O–H groups in total. The van der Waals surface area contributed by atoms with Crippen LogP contribution in [0.4, 0.5) is 0 Å². The highest BCUT2D eigenvalue weighted by atomic mass is 16.5. The normalized spacial score (nSPS) is 23.5. The largest absolute Gasteiger partial charge is 0.396 e. The molecule has 1 aromatic rings. The molecule has 0 saturated carbocycles. The number of hydrogen-bond donors (Lipinski definition) is 2. The molecule has 2 rings (SSSR count). The van der Waals surface area contributed by atoms with Crippen molar-refractivity contribution in [2.24, 2.45) is 0 Å². The minimum absolute atomic E-state index is 0.0634. The number of nitrogens with one attached hydrogen (secondary N) is 1. The molecular weight excluding hydrogens is 228 g/mol. The van der Waals surface area contributed by atoms with Crippen LogP contribution in [0.25, 0.3) is 0 Å². The van der Waals surface area contributed by atoms with Crippen LogP contribution in [0.15, 0.2) is 12.1 Å². The Hall–Kier alpha value is -0.970. The number of aliphatic hydroxyl groups excluding tert-OH is 1. The Balaban J connectivity index is 2.01. The highest BCUT2D eigenvalue weighted by molar-refractivity contribution is 5.21. The van der Waals surface area contributed by atoms with E-state index in [0.29, 0.717) is 6.61 Å². The summed E-state index contributed by atoms with van der Waals surface area (Å²) >= 11 is 0. The van der Waals surface area contributed by atoms with Crippen LogP contribution in [0.3, 0.4) is 0 Å². The van der Waals surface area contributed by atoms with Crippen LogP contribution >= 0.6 is 0 Å². The lowest BCUT2D eigenvalue weighted by Crippen LogP contribution is -2.46. The van der Waals surface area contributed by atoms with Crippen LogP contribution < -0.4 is 5.32 Å². The molecule has 0 aromatic carbocycles. The number of pyridine rings is 1. The predicted octanol–water partition coefficient (Wildman–Crippen LogP) is 1.33. The molecule has 0 radical (unpaired) electrons. The molecule has 1 saturated heterocycles. The van der Waals surface area contributed by atoms with Gasteiger partial charge < -0.3 is 15.2 Å². The third-order valence-corrected chi connectivity index (χ3v) is 3.68. The summed E-state index contributed by atoms with van der Waals surface area (Å²) in [5, 5.41) is 12.7. The van der Waals surface area contributed by atoms with Gasteiger partial charge in [-0.15, -0.1) is 0 Å². The van der Waals surface area contributed by atoms with E-state index >= 15 is 0 Å². The van der Waals surface area contributed by atoms with Gasteiger partial charge in [-0.1, -0.05) is 6.07 Å². The summed E-state index contributed by atoms with van der Waals surface area (Å²) < 4.78 is 5.46. The Bertz CT molecular complexity index is 401. The Morgan fingerprint density at radius 2 is 2.28 bits per heavy atom. The minimum Gasteiger partial charge on any atom is -0.396 e. The fraction of sp³-hybridized carbons (Fsp3) is 0.643. The van der Waals surface area contributed by atoms with Crippen LogP contribution in [0, 0.1) is 13.8 Å². The Labute approximate surface area is 108 Å². The van der Waals surface area contributed by atoms with E-state index in [0.717, 1.165) is 37.4 Å². The molecule has 1 fully saturated rings. The van der Waals surface area contributed by atoms with Crippen molar-refractivity contribution in [1.82, 2.24) is 10.3 Å². The zero-order valence-corrected chi connectivity index (χ0v) is 11.2. The number of aryl methyl sites for hydroxylation is 2. The second-order valence-corrected chi connectivity index (χ2v) is 5.11. The first kappa shape index (κ1) is 13.5. The monoisotopic (exact) mass is 250 g/mol. The minimum atomic E-state index is -0.0634. The second-order valence-electron chi connectivity index (χ2n) is 5.11. The van der Waals surface area contributed by atoms with Crippen molar-refractivity contribution < 1.29 is 9.84 Å². The zero-order chi connectivity index (χ0) is 13.0. The maximum absolute atomic E-state index is 9.17. The van der Waals surface area contributed by atoms with Crippen molar-refractivity contribution >= 4 is 0 Å². The van der Waals surface area contributed by atoms with Crippen molar-refractivity contribution in [1.29, 1.82) is 0 Å². The quantitative estimate of drug-likeness (QED) is 0.828. The standard InChI is InChI=1S/C14H22N2O2/c1-11-3-4-13(12(2)16-11)9-15-14(5-7-17)6-8-18-10-14/h3-4,15,17H,5-10H2,1-2H3. The first-order valence-corrected chi connectivity index (χ1v) is 6.52. The Morgan fingerprint density at radius 3 is 2.89 bits per heavy atom. The molecule has 0 amide bonds. The third kappa shape index (κ3) is 3.07. The number of rotatable bonds is 5. The molecule has 100 valence electrons. The van der Waals surface area contributed by atoms with Gasteiger partial charge in [0.25, 0.3) is 0 Å². The van der Waals surface area contributed by atoms with Crippen LogP contribution in [-0.4, -0.2) is 35.5 Å². The van der Waals surface area contributed by atoms with E-state index in [1.165, 1.54) is 5.56 Å². The maximum atomic E-state index is 9.17. The van der Waals surface area contributed by atoms with E-state index in [1.807, 2.05) is 19.9 Å². The fourth-order valence-corrected chi connectivity index (χ4v) is 2.43. The van der Waals surface area contributed by atoms with Crippen molar-refractivity contribution in [2.45, 2.75) is 38.8 Å². The average molecular weight is 250 g/mol. The first-order chi connectivity index (χ1) is 8.65. The molecule has 0 bridgehead atoms. The number of ether oxygens (including phenoxy) is 1. The Morgan fingerprint density at radius 1 is 1.44 bits per heavy atom. The van der Waals surface area contributed by atoms with Gasteiger partial charge in [0, 0.05) is 36.7 Å². The van der Waals surface area contributed by atoms with Crippen molar-refractivity contribution in [3.63, 3.8) is 0 Å². The molecule has 1 aliphatic rings. The molecule has 2 heterocycles. The van der Waals surface area contributed by atoms with Gasteiger partial charge in [0.1, 0.15) is 0 Å². The van der Waals surface area contributed by atoms with Gasteiger partial charge in [0.15, 0.2) is 0 Å². The summed E-state index contributed by atoms with van der Waals surface area (Å²) in [6.07, 6.45) is 1.71. The predicted molar refractivity (Wildman–Crippen MR) is 70.4 cm³/mol. The molecule has 1 atom stereocenters. The summed E-state index contributed by atoms with van der Waals surface area (Å²) in [5.74, 6) is 0. The highest BCUT2D eigenvalue weighted by Crippen LogP contribution is 2.23. The summed E-state index contributed by atoms with van der Waals surface area (Å²) in [5.41, 5.74) is 3.27. The summed E-state index contributed by atoms with van der Waals surface area (Å²) in [6, 6.07) is 4.15. The van der Waals surface area contributed by atoms with Gasteiger partial charge >= 0.3 is 0 Å². The van der Waals surface area contributed by atoms with E-state index in [-0.39, 0.29) is 12.1 Å². The van der Waals surface area contributed by atoms with E-state index < -0.39 is 0 Å². The molecule has 18 heavy (non-hydrogen) atoms. The summed E-state index contributed by atoms with van der Waals surface area (Å²) in [6.45, 7) is 6.48. The summed E-state index contributed by atoms with van der Waals surface area (Å²) in [7, 11) is 0. The molecular formula is C14H22N2O2. The van der Waals surface area contributed by atoms with Crippen molar-refractivity contribution in [2.75, 3.05) is 19.8 Å². The lowest BCUT2D eigenvalue weighted by atomic mass is 9.94. The smallest absolute Gasteiger partial charge is 0.0650 e. The van der Waals surface area contributed by atoms with E-state index in [1.54, 1.807) is 0 Å². The number of aliphatic hydroxyl groups is 1. The van der Waals surface area contributed by atoms with Crippen LogP contribution in [0.1, 0.15) is 29.8 Å². The topological polar surface area (TPSA) is 54.4 Å². The zero-order valence-electron chi connectivity index (χ0n) is 11.2. The number of hydrogen-bond acceptors (Lipinski definition) is 4. The molecule has 0 aliphatic carbocycles. The molecule has 4 nitrogen and oxygen atoms in total. The van der Waals surface area contributed by atoms with E-state index in [9.17, 15) is 5.11 Å². The van der Waals surface area contributed by atoms with Gasteiger partial charge in [0.05, 0.1) is 6.61 Å². The maximum Gasteiger partial charge on any atom is 0.0650 e. The molecule has 0 spiro atoms. The first-order valence-electron chi connectivity index (χ1n) is 6.52. The average Bonchev–Trinajstić information content (AvgIpc) is 2.77. The molecule has 1 aliphatic heterocycles. The lowest BCUT2D eigenvalue weighted by Gasteiger charge is -2.28. The van der Waals surface area contributed by atoms with E-state index in [2.05, 4.69) is 16.4 Å².